The van der Waals surface area contributed by atoms with Crippen molar-refractivity contribution >= 4 is 23.3 Å². The number of fused-ring (bicyclic) bond motifs is 1. The first-order chi connectivity index (χ1) is 12.7. The number of nitrogens with zero attached hydrogens (tertiary/aromatic N) is 7. The van der Waals surface area contributed by atoms with Crippen molar-refractivity contribution in [1.82, 2.24) is 39.7 Å². The monoisotopic (exact) mass is 374 g/mol. The molecule has 1 aliphatic rings. The third kappa shape index (κ3) is 3.62. The zero-order valence-electron chi connectivity index (χ0n) is 14.0. The molecule has 1 fully saturated rings. The van der Waals surface area contributed by atoms with Gasteiger partial charge in [-0.3, -0.25) is 9.20 Å². The van der Waals surface area contributed by atoms with E-state index in [2.05, 4.69) is 25.9 Å². The van der Waals surface area contributed by atoms with Crippen LogP contribution in [0.3, 0.4) is 0 Å². The lowest BCUT2D eigenvalue weighted by Crippen LogP contribution is -2.28. The number of thioether (sulfide) groups is 1. The molecule has 0 spiro atoms. The van der Waals surface area contributed by atoms with Crippen LogP contribution < -0.4 is 11.0 Å². The minimum absolute atomic E-state index is 0.0808. The normalized spacial score (nSPS) is 14.0. The second-order valence-corrected chi connectivity index (χ2v) is 7.01. The summed E-state index contributed by atoms with van der Waals surface area (Å²) in [6.07, 6.45) is 4.50. The molecule has 0 bridgehead atoms. The Morgan fingerprint density at radius 2 is 2.23 bits per heavy atom. The van der Waals surface area contributed by atoms with Crippen LogP contribution in [0.4, 0.5) is 0 Å². The average Bonchev–Trinajstić information content (AvgIpc) is 3.31. The van der Waals surface area contributed by atoms with Gasteiger partial charge in [-0.2, -0.15) is 0 Å². The van der Waals surface area contributed by atoms with Crippen molar-refractivity contribution in [3.63, 3.8) is 0 Å². The summed E-state index contributed by atoms with van der Waals surface area (Å²) in [6.45, 7) is 0.932. The first-order valence-corrected chi connectivity index (χ1v) is 9.42. The van der Waals surface area contributed by atoms with Gasteiger partial charge in [-0.1, -0.05) is 17.8 Å². The van der Waals surface area contributed by atoms with Crippen molar-refractivity contribution < 1.29 is 4.79 Å². The maximum absolute atomic E-state index is 12.1. The Bertz CT molecular complexity index is 973. The molecule has 11 heteroatoms. The first-order valence-electron chi connectivity index (χ1n) is 8.44. The first kappa shape index (κ1) is 16.8. The van der Waals surface area contributed by atoms with Crippen LogP contribution in [0.5, 0.6) is 0 Å². The second-order valence-electron chi connectivity index (χ2n) is 6.06. The van der Waals surface area contributed by atoms with Crippen LogP contribution in [0.15, 0.2) is 34.3 Å². The molecule has 3 aromatic rings. The number of rotatable bonds is 8. The van der Waals surface area contributed by atoms with E-state index in [4.69, 9.17) is 0 Å². The van der Waals surface area contributed by atoms with Crippen molar-refractivity contribution in [2.75, 3.05) is 12.3 Å². The molecule has 4 rings (SSSR count). The summed E-state index contributed by atoms with van der Waals surface area (Å²) in [5.74, 6) is 0.184. The molecule has 1 amide bonds. The maximum Gasteiger partial charge on any atom is 0.350 e. The average molecular weight is 374 g/mol. The van der Waals surface area contributed by atoms with E-state index in [1.54, 1.807) is 23.0 Å². The van der Waals surface area contributed by atoms with Crippen LogP contribution in [0.2, 0.25) is 0 Å². The van der Waals surface area contributed by atoms with Gasteiger partial charge in [0.15, 0.2) is 5.65 Å². The molecule has 0 atom stereocenters. The fraction of sp³-hybridized carbons (Fsp3) is 0.467. The number of nitrogens with one attached hydrogen (secondary N) is 1. The summed E-state index contributed by atoms with van der Waals surface area (Å²) in [7, 11) is 0. The van der Waals surface area contributed by atoms with Crippen LogP contribution >= 0.6 is 11.8 Å². The van der Waals surface area contributed by atoms with Gasteiger partial charge < -0.3 is 5.32 Å². The van der Waals surface area contributed by atoms with E-state index in [1.165, 1.54) is 20.8 Å². The Kier molecular flexibility index (Phi) is 4.69. The van der Waals surface area contributed by atoms with E-state index >= 15 is 0 Å². The Morgan fingerprint density at radius 1 is 1.35 bits per heavy atom. The summed E-state index contributed by atoms with van der Waals surface area (Å²) in [5.41, 5.74) is 0.445. The van der Waals surface area contributed by atoms with E-state index in [-0.39, 0.29) is 17.3 Å². The lowest BCUT2D eigenvalue weighted by atomic mass is 10.4. The van der Waals surface area contributed by atoms with Gasteiger partial charge in [0, 0.05) is 19.3 Å². The number of carbonyl (C=O) groups excluding carboxylic acids is 1. The summed E-state index contributed by atoms with van der Waals surface area (Å²) in [4.78, 5) is 24.1. The highest BCUT2D eigenvalue weighted by molar-refractivity contribution is 7.99. The molecule has 3 aromatic heterocycles. The zero-order valence-corrected chi connectivity index (χ0v) is 14.8. The van der Waals surface area contributed by atoms with Gasteiger partial charge in [-0.25, -0.2) is 14.2 Å². The molecular weight excluding hydrogens is 356 g/mol. The van der Waals surface area contributed by atoms with Crippen LogP contribution in [0, 0.1) is 0 Å². The molecule has 136 valence electrons. The summed E-state index contributed by atoms with van der Waals surface area (Å²) < 4.78 is 4.70. The van der Waals surface area contributed by atoms with Crippen molar-refractivity contribution in [1.29, 1.82) is 0 Å². The van der Waals surface area contributed by atoms with Crippen LogP contribution in [0.25, 0.3) is 5.65 Å². The number of aryl methyl sites for hydroxylation is 1. The van der Waals surface area contributed by atoms with Gasteiger partial charge in [-0.05, 0) is 41.8 Å². The van der Waals surface area contributed by atoms with Gasteiger partial charge in [0.25, 0.3) is 0 Å². The van der Waals surface area contributed by atoms with E-state index in [0.29, 0.717) is 36.4 Å². The predicted molar refractivity (Wildman–Crippen MR) is 93.9 cm³/mol. The fourth-order valence-corrected chi connectivity index (χ4v) is 3.35. The summed E-state index contributed by atoms with van der Waals surface area (Å²) in [6, 6.07) is 5.80. The van der Waals surface area contributed by atoms with Crippen LogP contribution in [-0.2, 0) is 11.3 Å². The third-order valence-corrected chi connectivity index (χ3v) is 4.98. The molecule has 3 heterocycles. The topological polar surface area (TPSA) is 112 Å². The summed E-state index contributed by atoms with van der Waals surface area (Å²) >= 11 is 1.33. The van der Waals surface area contributed by atoms with E-state index in [1.807, 2.05) is 6.07 Å². The van der Waals surface area contributed by atoms with Crippen LogP contribution in [0.1, 0.15) is 25.3 Å². The van der Waals surface area contributed by atoms with E-state index in [0.717, 1.165) is 12.8 Å². The Morgan fingerprint density at radius 3 is 3.04 bits per heavy atom. The highest BCUT2D eigenvalue weighted by Gasteiger charge is 2.28. The Balaban J connectivity index is 1.21. The number of hydrogen-bond acceptors (Lipinski definition) is 7. The third-order valence-electron chi connectivity index (χ3n) is 4.05. The lowest BCUT2D eigenvalue weighted by Gasteiger charge is -2.05. The SMILES string of the molecule is O=C(CSc1nnnn1C1CC1)NCCCn1nc2ccccn2c1=O. The van der Waals surface area contributed by atoms with Crippen molar-refractivity contribution in [2.45, 2.75) is 37.0 Å². The fourth-order valence-electron chi connectivity index (χ4n) is 2.58. The molecule has 1 N–H and O–H groups in total. The van der Waals surface area contributed by atoms with Gasteiger partial charge in [-0.15, -0.1) is 10.2 Å². The van der Waals surface area contributed by atoms with Crippen LogP contribution in [-0.4, -0.2) is 52.6 Å². The number of carbonyl (C=O) groups is 1. The van der Waals surface area contributed by atoms with E-state index < -0.39 is 0 Å². The van der Waals surface area contributed by atoms with Crippen molar-refractivity contribution in [3.8, 4) is 0 Å². The molecule has 0 radical (unpaired) electrons. The Labute approximate surface area is 152 Å². The van der Waals surface area contributed by atoms with Gasteiger partial charge in [0.2, 0.25) is 11.1 Å². The lowest BCUT2D eigenvalue weighted by molar-refractivity contribution is -0.118. The van der Waals surface area contributed by atoms with E-state index in [9.17, 15) is 9.59 Å². The number of amides is 1. The highest BCUT2D eigenvalue weighted by atomic mass is 32.2. The molecular formula is C15H18N8O2S. The van der Waals surface area contributed by atoms with Crippen molar-refractivity contribution in [3.05, 3.63) is 34.9 Å². The van der Waals surface area contributed by atoms with Crippen molar-refractivity contribution in [2.24, 2.45) is 0 Å². The molecule has 0 aliphatic heterocycles. The zero-order chi connectivity index (χ0) is 17.9. The van der Waals surface area contributed by atoms with Gasteiger partial charge >= 0.3 is 5.69 Å². The second kappa shape index (κ2) is 7.28. The molecule has 10 nitrogen and oxygen atoms in total. The standard InChI is InChI=1S/C15H18N8O2S/c24-13(10-26-14-17-19-20-23(14)11-5-6-11)16-7-3-9-22-15(25)21-8-2-1-4-12(21)18-22/h1-2,4,8,11H,3,5-7,9-10H2,(H,16,24). The summed E-state index contributed by atoms with van der Waals surface area (Å²) in [5, 5.41) is 19.4. The predicted octanol–water partition coefficient (Wildman–Crippen LogP) is 0.116. The molecule has 0 unspecified atom stereocenters. The minimum atomic E-state index is -0.172. The largest absolute Gasteiger partial charge is 0.355 e. The number of pyridine rings is 1. The number of tetrazole rings is 1. The molecule has 0 saturated heterocycles. The van der Waals surface area contributed by atoms with Gasteiger partial charge in [0.05, 0.1) is 11.8 Å². The molecule has 1 saturated carbocycles. The van der Waals surface area contributed by atoms with Gasteiger partial charge in [0.1, 0.15) is 0 Å². The minimum Gasteiger partial charge on any atom is -0.355 e. The quantitative estimate of drug-likeness (QED) is 0.440. The smallest absolute Gasteiger partial charge is 0.350 e. The molecule has 26 heavy (non-hydrogen) atoms. The number of hydrogen-bond donors (Lipinski definition) is 1. The molecule has 0 aromatic carbocycles. The Hall–Kier alpha value is -2.69. The molecule has 1 aliphatic carbocycles. The number of aromatic nitrogens is 7. The highest BCUT2D eigenvalue weighted by Crippen LogP contribution is 2.36. The maximum atomic E-state index is 12.1.